The number of halogens is 2. The van der Waals surface area contributed by atoms with Gasteiger partial charge < -0.3 is 10.6 Å². The molecule has 0 aromatic carbocycles. The molecule has 15 heavy (non-hydrogen) atoms. The van der Waals surface area contributed by atoms with Gasteiger partial charge in [0.25, 0.3) is 12.3 Å². The van der Waals surface area contributed by atoms with Gasteiger partial charge in [-0.3, -0.25) is 4.79 Å². The Morgan fingerprint density at radius 3 is 2.73 bits per heavy atom. The highest BCUT2D eigenvalue weighted by Gasteiger charge is 2.08. The molecule has 1 aromatic rings. The number of hydrogen-bond donors (Lipinski definition) is 2. The molecule has 82 valence electrons. The predicted octanol–water partition coefficient (Wildman–Crippen LogP) is 1.12. The maximum absolute atomic E-state index is 11.8. The van der Waals surface area contributed by atoms with Crippen LogP contribution in [0.25, 0.3) is 0 Å². The summed E-state index contributed by atoms with van der Waals surface area (Å²) in [6.45, 7) is -0.646. The van der Waals surface area contributed by atoms with Crippen molar-refractivity contribution in [1.29, 1.82) is 0 Å². The average Bonchev–Trinajstić information content (AvgIpc) is 2.26. The van der Waals surface area contributed by atoms with Crippen molar-refractivity contribution >= 4 is 11.7 Å². The lowest BCUT2D eigenvalue weighted by atomic mass is 10.2. The minimum Gasteiger partial charge on any atom is -0.373 e. The van der Waals surface area contributed by atoms with Crippen LogP contribution in [-0.2, 0) is 0 Å². The number of anilines is 1. The molecule has 0 radical (unpaired) electrons. The predicted molar refractivity (Wildman–Crippen MR) is 52.1 cm³/mol. The second-order valence-corrected chi connectivity index (χ2v) is 2.78. The number of nitrogens with zero attached hydrogens (tertiary/aromatic N) is 1. The number of alkyl halides is 2. The van der Waals surface area contributed by atoms with E-state index in [0.717, 1.165) is 0 Å². The second-order valence-electron chi connectivity index (χ2n) is 2.78. The van der Waals surface area contributed by atoms with E-state index in [1.165, 1.54) is 12.3 Å². The summed E-state index contributed by atoms with van der Waals surface area (Å²) in [5.41, 5.74) is 0.259. The summed E-state index contributed by atoms with van der Waals surface area (Å²) in [5.74, 6) is 0.0610. The quantitative estimate of drug-likeness (QED) is 0.791. The number of carbonyl (C=O) groups excluding carboxylic acids is 1. The summed E-state index contributed by atoms with van der Waals surface area (Å²) in [6.07, 6.45) is -1.22. The summed E-state index contributed by atoms with van der Waals surface area (Å²) in [5, 5.41) is 4.87. The molecule has 1 aromatic heterocycles. The Morgan fingerprint density at radius 2 is 2.27 bits per heavy atom. The standard InChI is InChI=1S/C9H11F2N3O/c1-12-8-3-2-6(4-13-8)9(15)14-5-7(10)11/h2-4,7H,5H2,1H3,(H,12,13)(H,14,15). The Bertz CT molecular complexity index is 327. The molecule has 0 bridgehead atoms. The van der Waals surface area contributed by atoms with Crippen molar-refractivity contribution in [2.45, 2.75) is 6.43 Å². The monoisotopic (exact) mass is 215 g/mol. The van der Waals surface area contributed by atoms with Gasteiger partial charge in [0.15, 0.2) is 0 Å². The van der Waals surface area contributed by atoms with Crippen LogP contribution >= 0.6 is 0 Å². The fourth-order valence-corrected chi connectivity index (χ4v) is 0.948. The number of pyridine rings is 1. The number of carbonyl (C=O) groups is 1. The molecular weight excluding hydrogens is 204 g/mol. The van der Waals surface area contributed by atoms with Gasteiger partial charge in [-0.25, -0.2) is 13.8 Å². The van der Waals surface area contributed by atoms with Gasteiger partial charge in [0.2, 0.25) is 0 Å². The number of rotatable bonds is 4. The summed E-state index contributed by atoms with van der Waals surface area (Å²) in [6, 6.07) is 3.11. The first-order chi connectivity index (χ1) is 7.13. The van der Waals surface area contributed by atoms with Crippen LogP contribution < -0.4 is 10.6 Å². The summed E-state index contributed by atoms with van der Waals surface area (Å²) in [4.78, 5) is 15.1. The van der Waals surface area contributed by atoms with Crippen LogP contribution in [0.2, 0.25) is 0 Å². The third kappa shape index (κ3) is 3.49. The lowest BCUT2D eigenvalue weighted by Gasteiger charge is -2.04. The fraction of sp³-hybridized carbons (Fsp3) is 0.333. The number of nitrogens with one attached hydrogen (secondary N) is 2. The van der Waals surface area contributed by atoms with Crippen molar-refractivity contribution in [3.8, 4) is 0 Å². The van der Waals surface area contributed by atoms with Gasteiger partial charge in [-0.2, -0.15) is 0 Å². The third-order valence-electron chi connectivity index (χ3n) is 1.70. The van der Waals surface area contributed by atoms with Crippen molar-refractivity contribution in [3.05, 3.63) is 23.9 Å². The minimum absolute atomic E-state index is 0.259. The SMILES string of the molecule is CNc1ccc(C(=O)NCC(F)F)cn1. The van der Waals surface area contributed by atoms with E-state index in [4.69, 9.17) is 0 Å². The van der Waals surface area contributed by atoms with Gasteiger partial charge in [0.1, 0.15) is 5.82 Å². The van der Waals surface area contributed by atoms with Gasteiger partial charge in [0, 0.05) is 13.2 Å². The van der Waals surface area contributed by atoms with Gasteiger partial charge in [-0.15, -0.1) is 0 Å². The van der Waals surface area contributed by atoms with E-state index >= 15 is 0 Å². The molecule has 2 N–H and O–H groups in total. The van der Waals surface area contributed by atoms with E-state index in [1.54, 1.807) is 13.1 Å². The minimum atomic E-state index is -2.54. The third-order valence-corrected chi connectivity index (χ3v) is 1.70. The molecule has 4 nitrogen and oxygen atoms in total. The first kappa shape index (κ1) is 11.4. The van der Waals surface area contributed by atoms with Gasteiger partial charge in [-0.05, 0) is 12.1 Å². The van der Waals surface area contributed by atoms with Gasteiger partial charge in [-0.1, -0.05) is 0 Å². The lowest BCUT2D eigenvalue weighted by molar-refractivity contribution is 0.0891. The van der Waals surface area contributed by atoms with Crippen LogP contribution in [0.5, 0.6) is 0 Å². The van der Waals surface area contributed by atoms with E-state index in [1.807, 2.05) is 0 Å². The summed E-state index contributed by atoms with van der Waals surface area (Å²) in [7, 11) is 1.69. The molecule has 0 saturated heterocycles. The van der Waals surface area contributed by atoms with Gasteiger partial charge in [0.05, 0.1) is 12.1 Å². The van der Waals surface area contributed by atoms with Crippen LogP contribution in [0.4, 0.5) is 14.6 Å². The number of amides is 1. The highest BCUT2D eigenvalue weighted by Crippen LogP contribution is 2.03. The molecule has 0 fully saturated rings. The zero-order valence-corrected chi connectivity index (χ0v) is 8.13. The van der Waals surface area contributed by atoms with Crippen LogP contribution in [0.3, 0.4) is 0 Å². The molecule has 0 aliphatic rings. The average molecular weight is 215 g/mol. The highest BCUT2D eigenvalue weighted by molar-refractivity contribution is 5.94. The molecule has 0 spiro atoms. The zero-order chi connectivity index (χ0) is 11.3. The Hall–Kier alpha value is -1.72. The van der Waals surface area contributed by atoms with Crippen LogP contribution in [0.15, 0.2) is 18.3 Å². The largest absolute Gasteiger partial charge is 0.373 e. The Morgan fingerprint density at radius 1 is 1.53 bits per heavy atom. The maximum Gasteiger partial charge on any atom is 0.255 e. The molecule has 0 aliphatic heterocycles. The fourth-order valence-electron chi connectivity index (χ4n) is 0.948. The van der Waals surface area contributed by atoms with E-state index in [0.29, 0.717) is 5.82 Å². The lowest BCUT2D eigenvalue weighted by Crippen LogP contribution is -2.28. The molecule has 1 rings (SSSR count). The topological polar surface area (TPSA) is 54.0 Å². The zero-order valence-electron chi connectivity index (χ0n) is 8.13. The van der Waals surface area contributed by atoms with Crippen molar-refractivity contribution in [2.75, 3.05) is 18.9 Å². The van der Waals surface area contributed by atoms with Crippen LogP contribution in [-0.4, -0.2) is 30.9 Å². The smallest absolute Gasteiger partial charge is 0.255 e. The molecule has 0 unspecified atom stereocenters. The van der Waals surface area contributed by atoms with Crippen molar-refractivity contribution in [1.82, 2.24) is 10.3 Å². The van der Waals surface area contributed by atoms with E-state index < -0.39 is 18.9 Å². The molecule has 0 aliphatic carbocycles. The Kier molecular flexibility index (Phi) is 3.96. The molecule has 0 saturated carbocycles. The van der Waals surface area contributed by atoms with E-state index in [9.17, 15) is 13.6 Å². The van der Waals surface area contributed by atoms with E-state index in [2.05, 4.69) is 15.6 Å². The number of aromatic nitrogens is 1. The highest BCUT2D eigenvalue weighted by atomic mass is 19.3. The summed E-state index contributed by atoms with van der Waals surface area (Å²) >= 11 is 0. The van der Waals surface area contributed by atoms with Gasteiger partial charge >= 0.3 is 0 Å². The molecule has 1 amide bonds. The van der Waals surface area contributed by atoms with Crippen molar-refractivity contribution in [2.24, 2.45) is 0 Å². The summed E-state index contributed by atoms with van der Waals surface area (Å²) < 4.78 is 23.6. The maximum atomic E-state index is 11.8. The second kappa shape index (κ2) is 5.23. The normalized spacial score (nSPS) is 10.1. The van der Waals surface area contributed by atoms with Crippen molar-refractivity contribution in [3.63, 3.8) is 0 Å². The first-order valence-electron chi connectivity index (χ1n) is 4.33. The molecule has 6 heteroatoms. The van der Waals surface area contributed by atoms with E-state index in [-0.39, 0.29) is 5.56 Å². The number of hydrogen-bond acceptors (Lipinski definition) is 3. The molecular formula is C9H11F2N3O. The van der Waals surface area contributed by atoms with Crippen LogP contribution in [0, 0.1) is 0 Å². The molecule has 0 atom stereocenters. The van der Waals surface area contributed by atoms with Crippen LogP contribution in [0.1, 0.15) is 10.4 Å². The Balaban J connectivity index is 2.58. The molecule has 1 heterocycles. The Labute approximate surface area is 85.7 Å². The first-order valence-corrected chi connectivity index (χ1v) is 4.33. The van der Waals surface area contributed by atoms with Crippen molar-refractivity contribution < 1.29 is 13.6 Å².